The molecular weight excluding hydrogens is 234 g/mol. The summed E-state index contributed by atoms with van der Waals surface area (Å²) in [5.74, 6) is -0.148. The third kappa shape index (κ3) is 4.44. The Morgan fingerprint density at radius 1 is 1.06 bits per heavy atom. The van der Waals surface area contributed by atoms with E-state index in [1.807, 2.05) is 4.90 Å². The van der Waals surface area contributed by atoms with Crippen LogP contribution in [0.2, 0.25) is 0 Å². The smallest absolute Gasteiger partial charge is 0.236 e. The van der Waals surface area contributed by atoms with Crippen molar-refractivity contribution in [3.05, 3.63) is 0 Å². The normalized spacial score (nSPS) is 16.5. The topological polar surface area (TPSA) is 60.9 Å². The first kappa shape index (κ1) is 14.6. The lowest BCUT2D eigenvalue weighted by atomic mass is 10.2. The van der Waals surface area contributed by atoms with Gasteiger partial charge in [-0.05, 0) is 6.92 Å². The number of rotatable bonds is 4. The van der Waals surface area contributed by atoms with Crippen LogP contribution in [-0.2, 0) is 14.4 Å². The molecule has 0 unspecified atom stereocenters. The molecule has 1 rings (SSSR count). The highest BCUT2D eigenvalue weighted by Crippen LogP contribution is 2.04. The van der Waals surface area contributed by atoms with Crippen molar-refractivity contribution in [2.24, 2.45) is 0 Å². The lowest BCUT2D eigenvalue weighted by Crippen LogP contribution is -2.51. The molecule has 0 N–H and O–H groups in total. The molecule has 6 heteroatoms. The van der Waals surface area contributed by atoms with Crippen LogP contribution in [0.1, 0.15) is 13.3 Å². The highest BCUT2D eigenvalue weighted by Gasteiger charge is 2.23. The van der Waals surface area contributed by atoms with Crippen molar-refractivity contribution in [1.29, 1.82) is 0 Å². The Morgan fingerprint density at radius 2 is 1.61 bits per heavy atom. The monoisotopic (exact) mass is 255 g/mol. The number of carbonyl (C=O) groups is 3. The molecule has 0 aromatic heterocycles. The van der Waals surface area contributed by atoms with E-state index in [1.54, 1.807) is 23.9 Å². The first-order valence-corrected chi connectivity index (χ1v) is 6.10. The lowest BCUT2D eigenvalue weighted by molar-refractivity contribution is -0.136. The molecular formula is C12H21N3O3. The molecule has 0 atom stereocenters. The van der Waals surface area contributed by atoms with Crippen LogP contribution in [0.25, 0.3) is 0 Å². The molecule has 6 nitrogen and oxygen atoms in total. The third-order valence-corrected chi connectivity index (χ3v) is 2.98. The van der Waals surface area contributed by atoms with Gasteiger partial charge in [0.15, 0.2) is 0 Å². The van der Waals surface area contributed by atoms with Crippen LogP contribution >= 0.6 is 0 Å². The van der Waals surface area contributed by atoms with Crippen molar-refractivity contribution < 1.29 is 14.4 Å². The molecule has 0 radical (unpaired) electrons. The zero-order valence-corrected chi connectivity index (χ0v) is 11.3. The van der Waals surface area contributed by atoms with Crippen LogP contribution < -0.4 is 0 Å². The fourth-order valence-corrected chi connectivity index (χ4v) is 1.81. The van der Waals surface area contributed by atoms with Crippen molar-refractivity contribution >= 4 is 17.6 Å². The Bertz CT molecular complexity index is 333. The minimum absolute atomic E-state index is 0.0172. The average molecular weight is 255 g/mol. The molecule has 2 amide bonds. The second-order valence-electron chi connectivity index (χ2n) is 4.82. The molecule has 1 heterocycles. The van der Waals surface area contributed by atoms with Crippen LogP contribution in [0.4, 0.5) is 0 Å². The quantitative estimate of drug-likeness (QED) is 0.617. The summed E-state index contributed by atoms with van der Waals surface area (Å²) in [5, 5.41) is 0. The molecule has 0 saturated carbocycles. The molecule has 0 aromatic rings. The molecule has 0 aliphatic carbocycles. The first-order chi connectivity index (χ1) is 8.40. The number of ketones is 1. The van der Waals surface area contributed by atoms with Gasteiger partial charge in [0.05, 0.1) is 13.0 Å². The molecule has 18 heavy (non-hydrogen) atoms. The van der Waals surface area contributed by atoms with Gasteiger partial charge in [0.2, 0.25) is 11.8 Å². The Morgan fingerprint density at radius 3 is 2.06 bits per heavy atom. The number of Topliss-reactive ketones (excluding diaryl/α,β-unsaturated/α-hetero) is 1. The van der Waals surface area contributed by atoms with E-state index in [2.05, 4.69) is 0 Å². The molecule has 102 valence electrons. The van der Waals surface area contributed by atoms with Gasteiger partial charge < -0.3 is 9.80 Å². The van der Waals surface area contributed by atoms with Gasteiger partial charge in [0.25, 0.3) is 0 Å². The molecule has 1 aliphatic heterocycles. The number of hydrogen-bond donors (Lipinski definition) is 0. The number of nitrogens with zero attached hydrogens (tertiary/aromatic N) is 3. The Labute approximate surface area is 108 Å². The second-order valence-corrected chi connectivity index (χ2v) is 4.82. The summed E-state index contributed by atoms with van der Waals surface area (Å²) in [6, 6.07) is 0. The number of piperazine rings is 1. The van der Waals surface area contributed by atoms with Gasteiger partial charge in [0.1, 0.15) is 5.78 Å². The van der Waals surface area contributed by atoms with E-state index < -0.39 is 0 Å². The van der Waals surface area contributed by atoms with Crippen molar-refractivity contribution in [3.8, 4) is 0 Å². The summed E-state index contributed by atoms with van der Waals surface area (Å²) in [5.41, 5.74) is 0. The fourth-order valence-electron chi connectivity index (χ4n) is 1.81. The van der Waals surface area contributed by atoms with Crippen molar-refractivity contribution in [1.82, 2.24) is 14.7 Å². The second kappa shape index (κ2) is 6.49. The largest absolute Gasteiger partial charge is 0.348 e. The Balaban J connectivity index is 2.34. The standard InChI is InChI=1S/C12H21N3O3/c1-10(16)8-11(17)15-6-4-14(5-7-15)9-12(18)13(2)3/h4-9H2,1-3H3. The van der Waals surface area contributed by atoms with Gasteiger partial charge in [-0.15, -0.1) is 0 Å². The summed E-state index contributed by atoms with van der Waals surface area (Å²) in [7, 11) is 3.46. The molecule has 0 spiro atoms. The highest BCUT2D eigenvalue weighted by atomic mass is 16.2. The minimum atomic E-state index is -0.110. The van der Waals surface area contributed by atoms with Gasteiger partial charge in [-0.3, -0.25) is 19.3 Å². The Hall–Kier alpha value is -1.43. The van der Waals surface area contributed by atoms with Crippen molar-refractivity contribution in [2.45, 2.75) is 13.3 Å². The zero-order chi connectivity index (χ0) is 13.7. The SMILES string of the molecule is CC(=O)CC(=O)N1CCN(CC(=O)N(C)C)CC1. The fraction of sp³-hybridized carbons (Fsp3) is 0.750. The third-order valence-electron chi connectivity index (χ3n) is 2.98. The van der Waals surface area contributed by atoms with Crippen LogP contribution in [-0.4, -0.2) is 79.1 Å². The molecule has 0 aromatic carbocycles. The van der Waals surface area contributed by atoms with E-state index in [-0.39, 0.29) is 24.0 Å². The van der Waals surface area contributed by atoms with Gasteiger partial charge in [-0.25, -0.2) is 0 Å². The molecule has 1 saturated heterocycles. The zero-order valence-electron chi connectivity index (χ0n) is 11.3. The van der Waals surface area contributed by atoms with Crippen LogP contribution in [0.15, 0.2) is 0 Å². The first-order valence-electron chi connectivity index (χ1n) is 6.10. The number of likely N-dealkylation sites (N-methyl/N-ethyl adjacent to an activating group) is 1. The average Bonchev–Trinajstić information content (AvgIpc) is 2.28. The predicted octanol–water partition coefficient (Wildman–Crippen LogP) is -0.802. The molecule has 0 bridgehead atoms. The summed E-state index contributed by atoms with van der Waals surface area (Å²) in [6.07, 6.45) is -0.0172. The van der Waals surface area contributed by atoms with E-state index in [0.29, 0.717) is 32.7 Å². The predicted molar refractivity (Wildman–Crippen MR) is 67.0 cm³/mol. The van der Waals surface area contributed by atoms with Crippen molar-refractivity contribution in [2.75, 3.05) is 46.8 Å². The maximum absolute atomic E-state index is 11.7. The maximum Gasteiger partial charge on any atom is 0.236 e. The number of hydrogen-bond acceptors (Lipinski definition) is 4. The summed E-state index contributed by atoms with van der Waals surface area (Å²) in [6.45, 7) is 4.36. The number of carbonyl (C=O) groups excluding carboxylic acids is 3. The van der Waals surface area contributed by atoms with Gasteiger partial charge >= 0.3 is 0 Å². The van der Waals surface area contributed by atoms with Crippen LogP contribution in [0.5, 0.6) is 0 Å². The number of amides is 2. The molecule has 1 fully saturated rings. The summed E-state index contributed by atoms with van der Waals surface area (Å²) >= 11 is 0. The van der Waals surface area contributed by atoms with Gasteiger partial charge in [0, 0.05) is 40.3 Å². The van der Waals surface area contributed by atoms with Crippen LogP contribution in [0.3, 0.4) is 0 Å². The summed E-state index contributed by atoms with van der Waals surface area (Å²) < 4.78 is 0. The maximum atomic E-state index is 11.7. The van der Waals surface area contributed by atoms with E-state index in [1.165, 1.54) is 6.92 Å². The van der Waals surface area contributed by atoms with Gasteiger partial charge in [-0.2, -0.15) is 0 Å². The molecule has 1 aliphatic rings. The van der Waals surface area contributed by atoms with E-state index >= 15 is 0 Å². The van der Waals surface area contributed by atoms with E-state index in [4.69, 9.17) is 0 Å². The van der Waals surface area contributed by atoms with E-state index in [0.717, 1.165) is 0 Å². The highest BCUT2D eigenvalue weighted by molar-refractivity contribution is 5.96. The van der Waals surface area contributed by atoms with Crippen molar-refractivity contribution in [3.63, 3.8) is 0 Å². The summed E-state index contributed by atoms with van der Waals surface area (Å²) in [4.78, 5) is 39.3. The van der Waals surface area contributed by atoms with Crippen LogP contribution in [0, 0.1) is 0 Å². The minimum Gasteiger partial charge on any atom is -0.348 e. The lowest BCUT2D eigenvalue weighted by Gasteiger charge is -2.34. The van der Waals surface area contributed by atoms with Gasteiger partial charge in [-0.1, -0.05) is 0 Å². The van der Waals surface area contributed by atoms with E-state index in [9.17, 15) is 14.4 Å². The Kier molecular flexibility index (Phi) is 5.27.